The molecule has 1 aliphatic rings. The van der Waals surface area contributed by atoms with Crippen molar-refractivity contribution in [2.45, 2.75) is 44.1 Å². The van der Waals surface area contributed by atoms with Crippen LogP contribution in [0.5, 0.6) is 0 Å². The predicted molar refractivity (Wildman–Crippen MR) is 120 cm³/mol. The van der Waals surface area contributed by atoms with E-state index in [2.05, 4.69) is 15.4 Å². The zero-order valence-electron chi connectivity index (χ0n) is 18.4. The van der Waals surface area contributed by atoms with Gasteiger partial charge in [0.25, 0.3) is 5.91 Å². The molecule has 3 aromatic rings. The summed E-state index contributed by atoms with van der Waals surface area (Å²) in [4.78, 5) is 17.0. The van der Waals surface area contributed by atoms with Crippen molar-refractivity contribution in [3.63, 3.8) is 0 Å². The highest BCUT2D eigenvalue weighted by Gasteiger charge is 2.34. The molecule has 4 rings (SSSR count). The van der Waals surface area contributed by atoms with E-state index in [9.17, 15) is 13.6 Å². The van der Waals surface area contributed by atoms with Gasteiger partial charge in [0.15, 0.2) is 0 Å². The second-order valence-corrected chi connectivity index (χ2v) is 8.79. The van der Waals surface area contributed by atoms with Crippen molar-refractivity contribution in [2.75, 3.05) is 12.4 Å². The maximum atomic E-state index is 14.1. The van der Waals surface area contributed by atoms with E-state index in [0.717, 1.165) is 23.5 Å². The summed E-state index contributed by atoms with van der Waals surface area (Å²) in [7, 11) is 3.37. The van der Waals surface area contributed by atoms with Crippen LogP contribution >= 0.6 is 11.3 Å². The molecule has 176 valence electrons. The number of aryl methyl sites for hydroxylation is 1. The van der Waals surface area contributed by atoms with E-state index in [0.29, 0.717) is 24.2 Å². The summed E-state index contributed by atoms with van der Waals surface area (Å²) in [5.41, 5.74) is 7.19. The molecule has 3 heterocycles. The van der Waals surface area contributed by atoms with Crippen LogP contribution in [0.1, 0.15) is 42.1 Å². The minimum absolute atomic E-state index is 0.0454. The number of methoxy groups -OCH3 is 1. The Bertz CT molecular complexity index is 1130. The Balaban J connectivity index is 1.56. The number of aromatic nitrogens is 3. The molecule has 1 aliphatic heterocycles. The second kappa shape index (κ2) is 9.64. The van der Waals surface area contributed by atoms with E-state index in [1.165, 1.54) is 17.6 Å². The number of hydrogen-bond donors (Lipinski definition) is 2. The first-order chi connectivity index (χ1) is 15.8. The molecule has 0 bridgehead atoms. The number of ether oxygens (including phenoxy) is 2. The van der Waals surface area contributed by atoms with Gasteiger partial charge in [0.05, 0.1) is 35.3 Å². The molecule has 0 spiro atoms. The fourth-order valence-corrected chi connectivity index (χ4v) is 4.98. The third-order valence-electron chi connectivity index (χ3n) is 5.75. The van der Waals surface area contributed by atoms with Gasteiger partial charge in [-0.3, -0.25) is 9.48 Å². The molecule has 0 unspecified atom stereocenters. The van der Waals surface area contributed by atoms with E-state index in [4.69, 9.17) is 15.2 Å². The zero-order chi connectivity index (χ0) is 23.7. The summed E-state index contributed by atoms with van der Waals surface area (Å²) in [6, 6.07) is 3.40. The topological polar surface area (TPSA) is 104 Å². The number of amides is 1. The Morgan fingerprint density at radius 3 is 2.76 bits per heavy atom. The van der Waals surface area contributed by atoms with Crippen LogP contribution < -0.4 is 11.1 Å². The lowest BCUT2D eigenvalue weighted by molar-refractivity contribution is -0.0759. The quantitative estimate of drug-likeness (QED) is 0.581. The second-order valence-electron chi connectivity index (χ2n) is 7.93. The summed E-state index contributed by atoms with van der Waals surface area (Å²) >= 11 is 0.988. The standard InChI is InChI=1S/C22H25F2N5O3S/c1-11-20(31-3)14(25)7-8-17(32-11)19-15(9-26-29(19)2)27-21(30)16-10-33-22(28-16)18-12(23)5-4-6-13(18)24/h4-6,9-11,14,17,20H,7-8,25H2,1-3H3,(H,27,30)/t11-,14+,17-,20+/m0/s1. The van der Waals surface area contributed by atoms with Crippen LogP contribution in [0.3, 0.4) is 0 Å². The molecule has 33 heavy (non-hydrogen) atoms. The Morgan fingerprint density at radius 2 is 2.06 bits per heavy atom. The first-order valence-electron chi connectivity index (χ1n) is 10.5. The van der Waals surface area contributed by atoms with Gasteiger partial charge in [0, 0.05) is 25.6 Å². The molecule has 0 aliphatic carbocycles. The lowest BCUT2D eigenvalue weighted by Gasteiger charge is -2.26. The van der Waals surface area contributed by atoms with Gasteiger partial charge >= 0.3 is 0 Å². The summed E-state index contributed by atoms with van der Waals surface area (Å²) in [6.45, 7) is 1.90. The number of nitrogens with two attached hydrogens (primary N) is 1. The summed E-state index contributed by atoms with van der Waals surface area (Å²) in [5, 5.41) is 8.62. The fourth-order valence-electron chi connectivity index (χ4n) is 4.13. The SMILES string of the molecule is CO[C@H]1[C@H](N)CC[C@@H](c2c(NC(=O)c3csc(-c4c(F)cccc4F)n3)cnn2C)O[C@H]1C. The maximum absolute atomic E-state index is 14.1. The smallest absolute Gasteiger partial charge is 0.275 e. The Labute approximate surface area is 193 Å². The Kier molecular flexibility index (Phi) is 6.84. The fraction of sp³-hybridized carbons (Fsp3) is 0.409. The van der Waals surface area contributed by atoms with Gasteiger partial charge in [-0.1, -0.05) is 6.07 Å². The van der Waals surface area contributed by atoms with E-state index in [1.807, 2.05) is 6.92 Å². The molecule has 8 nitrogen and oxygen atoms in total. The molecule has 1 saturated heterocycles. The summed E-state index contributed by atoms with van der Waals surface area (Å²) < 4.78 is 41.5. The number of carbonyl (C=O) groups excluding carboxylic acids is 1. The van der Waals surface area contributed by atoms with Crippen LogP contribution in [-0.2, 0) is 16.5 Å². The zero-order valence-corrected chi connectivity index (χ0v) is 19.2. The van der Waals surface area contributed by atoms with Gasteiger partial charge in [0.2, 0.25) is 0 Å². The number of carbonyl (C=O) groups is 1. The van der Waals surface area contributed by atoms with Crippen molar-refractivity contribution in [1.82, 2.24) is 14.8 Å². The van der Waals surface area contributed by atoms with Crippen molar-refractivity contribution in [1.29, 1.82) is 0 Å². The monoisotopic (exact) mass is 477 g/mol. The highest BCUT2D eigenvalue weighted by molar-refractivity contribution is 7.13. The molecule has 11 heteroatoms. The van der Waals surface area contributed by atoms with E-state index in [-0.39, 0.29) is 40.6 Å². The highest BCUT2D eigenvalue weighted by Crippen LogP contribution is 2.35. The van der Waals surface area contributed by atoms with Gasteiger partial charge in [-0.2, -0.15) is 5.10 Å². The molecule has 1 aromatic carbocycles. The normalized spacial score (nSPS) is 23.3. The van der Waals surface area contributed by atoms with Gasteiger partial charge in [-0.25, -0.2) is 13.8 Å². The Morgan fingerprint density at radius 1 is 1.33 bits per heavy atom. The molecule has 0 saturated carbocycles. The van der Waals surface area contributed by atoms with Crippen LogP contribution in [0.4, 0.5) is 14.5 Å². The maximum Gasteiger partial charge on any atom is 0.275 e. The largest absolute Gasteiger partial charge is 0.377 e. The molecule has 1 fully saturated rings. The van der Waals surface area contributed by atoms with Crippen LogP contribution in [0.25, 0.3) is 10.6 Å². The van der Waals surface area contributed by atoms with Crippen molar-refractivity contribution < 1.29 is 23.0 Å². The minimum atomic E-state index is -0.738. The molecule has 1 amide bonds. The van der Waals surface area contributed by atoms with E-state index >= 15 is 0 Å². The number of nitrogens with zero attached hydrogens (tertiary/aromatic N) is 3. The predicted octanol–water partition coefficient (Wildman–Crippen LogP) is 3.66. The number of halogens is 2. The van der Waals surface area contributed by atoms with Crippen LogP contribution in [0.15, 0.2) is 29.8 Å². The molecular formula is C22H25F2N5O3S. The first kappa shape index (κ1) is 23.4. The number of nitrogens with one attached hydrogen (secondary N) is 1. The summed E-state index contributed by atoms with van der Waals surface area (Å²) in [5.74, 6) is -1.99. The number of anilines is 1. The Hall–Kier alpha value is -2.73. The molecule has 3 N–H and O–H groups in total. The number of hydrogen-bond acceptors (Lipinski definition) is 7. The van der Waals surface area contributed by atoms with Crippen molar-refractivity contribution in [3.05, 3.63) is 52.8 Å². The van der Waals surface area contributed by atoms with E-state index < -0.39 is 17.5 Å². The molecular weight excluding hydrogens is 452 g/mol. The van der Waals surface area contributed by atoms with Crippen LogP contribution in [0, 0.1) is 11.6 Å². The average Bonchev–Trinajstić information content (AvgIpc) is 3.35. The third kappa shape index (κ3) is 4.67. The lowest BCUT2D eigenvalue weighted by atomic mass is 10.0. The van der Waals surface area contributed by atoms with Crippen molar-refractivity contribution >= 4 is 22.9 Å². The minimum Gasteiger partial charge on any atom is -0.377 e. The molecule has 0 radical (unpaired) electrons. The highest BCUT2D eigenvalue weighted by atomic mass is 32.1. The van der Waals surface area contributed by atoms with Gasteiger partial charge < -0.3 is 20.5 Å². The van der Waals surface area contributed by atoms with Crippen LogP contribution in [-0.4, -0.2) is 46.0 Å². The first-order valence-corrected chi connectivity index (χ1v) is 11.3. The number of benzene rings is 1. The van der Waals surface area contributed by atoms with Gasteiger partial charge in [0.1, 0.15) is 28.4 Å². The van der Waals surface area contributed by atoms with Crippen LogP contribution in [0.2, 0.25) is 0 Å². The summed E-state index contributed by atoms with van der Waals surface area (Å²) in [6.07, 6.45) is 1.98. The van der Waals surface area contributed by atoms with Gasteiger partial charge in [-0.15, -0.1) is 11.3 Å². The molecule has 4 atom stereocenters. The van der Waals surface area contributed by atoms with Crippen molar-refractivity contribution in [3.8, 4) is 10.6 Å². The van der Waals surface area contributed by atoms with Crippen molar-refractivity contribution in [2.24, 2.45) is 12.8 Å². The van der Waals surface area contributed by atoms with Gasteiger partial charge in [-0.05, 0) is 31.9 Å². The number of rotatable bonds is 5. The molecule has 2 aromatic heterocycles. The third-order valence-corrected chi connectivity index (χ3v) is 6.61. The average molecular weight is 478 g/mol. The number of thiazole rings is 1. The van der Waals surface area contributed by atoms with E-state index in [1.54, 1.807) is 18.8 Å². The lowest BCUT2D eigenvalue weighted by Crippen LogP contribution is -2.42.